The molecule has 0 amide bonds. The summed E-state index contributed by atoms with van der Waals surface area (Å²) in [6, 6.07) is 9.56. The summed E-state index contributed by atoms with van der Waals surface area (Å²) in [6.07, 6.45) is -6.37. The Morgan fingerprint density at radius 1 is 1.12 bits per heavy atom. The van der Waals surface area contributed by atoms with Crippen LogP contribution in [0.2, 0.25) is 0 Å². The zero-order valence-electron chi connectivity index (χ0n) is 27.0. The van der Waals surface area contributed by atoms with Gasteiger partial charge in [-0.15, -0.1) is 0 Å². The van der Waals surface area contributed by atoms with Gasteiger partial charge in [0.05, 0.1) is 41.5 Å². The lowest BCUT2D eigenvalue weighted by Gasteiger charge is -2.36. The number of nitrogens with zero attached hydrogens (tertiary/aromatic N) is 2. The van der Waals surface area contributed by atoms with Crippen molar-refractivity contribution < 1.29 is 49.8 Å². The molecule has 0 radical (unpaired) electrons. The van der Waals surface area contributed by atoms with Crippen LogP contribution in [0.4, 0.5) is 28.9 Å². The van der Waals surface area contributed by atoms with Crippen molar-refractivity contribution in [3.05, 3.63) is 48.2 Å². The number of methoxy groups -OCH3 is 1. The largest absolute Gasteiger partial charge is 0.495 e. The Labute approximate surface area is 280 Å². The van der Waals surface area contributed by atoms with Crippen LogP contribution in [-0.2, 0) is 35.6 Å². The highest BCUT2D eigenvalue weighted by Gasteiger charge is 2.33. The van der Waals surface area contributed by atoms with E-state index in [0.717, 1.165) is 4.57 Å². The van der Waals surface area contributed by atoms with E-state index >= 15 is 4.39 Å². The molecule has 1 aromatic heterocycles. The fourth-order valence-electron chi connectivity index (χ4n) is 5.49. The minimum Gasteiger partial charge on any atom is -0.495 e. The number of likely N-dealkylation sites (tertiary alicyclic amines) is 1. The molecule has 1 saturated heterocycles. The van der Waals surface area contributed by atoms with Crippen LogP contribution in [0.1, 0.15) is 26.0 Å². The summed E-state index contributed by atoms with van der Waals surface area (Å²) in [5.74, 6) is 4.66. The number of nitrogens with two attached hydrogens (primary N) is 1. The third-order valence-corrected chi connectivity index (χ3v) is 8.51. The number of rotatable bonds is 12. The Kier molecular flexibility index (Phi) is 12.0. The fraction of sp³-hybridized carbons (Fsp3) is 0.438. The van der Waals surface area contributed by atoms with Crippen molar-refractivity contribution in [2.75, 3.05) is 50.5 Å². The number of alkyl halides is 4. The van der Waals surface area contributed by atoms with Gasteiger partial charge in [0.2, 0.25) is 10.0 Å². The van der Waals surface area contributed by atoms with E-state index in [2.05, 4.69) is 22.5 Å². The summed E-state index contributed by atoms with van der Waals surface area (Å²) >= 11 is 0. The Balaban J connectivity index is 1.51. The molecule has 2 heterocycles. The van der Waals surface area contributed by atoms with E-state index in [1.807, 2.05) is 0 Å². The van der Waals surface area contributed by atoms with Gasteiger partial charge in [-0.25, -0.2) is 17.9 Å². The van der Waals surface area contributed by atoms with E-state index in [1.54, 1.807) is 17.0 Å². The summed E-state index contributed by atoms with van der Waals surface area (Å²) in [7, 11) is -2.63. The maximum atomic E-state index is 15.5. The van der Waals surface area contributed by atoms with Crippen LogP contribution in [0.3, 0.4) is 0 Å². The Morgan fingerprint density at radius 2 is 1.88 bits per heavy atom. The first kappa shape index (κ1) is 37.3. The van der Waals surface area contributed by atoms with E-state index in [9.17, 15) is 31.2 Å². The van der Waals surface area contributed by atoms with Crippen molar-refractivity contribution in [3.63, 3.8) is 0 Å². The molecule has 3 atom stereocenters. The predicted octanol–water partition coefficient (Wildman–Crippen LogP) is 3.64. The van der Waals surface area contributed by atoms with Gasteiger partial charge in [-0.3, -0.25) is 14.5 Å². The van der Waals surface area contributed by atoms with Gasteiger partial charge >= 0.3 is 18.1 Å². The number of sulfonamides is 1. The molecule has 4 rings (SSSR count). The first-order valence-electron chi connectivity index (χ1n) is 15.1. The number of esters is 2. The number of primary sulfonamides is 1. The molecule has 17 heteroatoms. The quantitative estimate of drug-likeness (QED) is 0.144. The van der Waals surface area contributed by atoms with Crippen LogP contribution in [0.15, 0.2) is 47.4 Å². The second-order valence-electron chi connectivity index (χ2n) is 11.4. The molecule has 0 spiro atoms. The van der Waals surface area contributed by atoms with Gasteiger partial charge in [-0.05, 0) is 42.7 Å². The molecule has 0 unspecified atom stereocenters. The first-order chi connectivity index (χ1) is 23.0. The molecular formula is C32H37F4N5O7S. The number of nitrogens with one attached hydrogen (secondary N) is 2. The van der Waals surface area contributed by atoms with E-state index in [0.29, 0.717) is 29.7 Å². The van der Waals surface area contributed by atoms with Crippen LogP contribution >= 0.6 is 0 Å². The molecule has 2 aromatic carbocycles. The number of benzene rings is 2. The van der Waals surface area contributed by atoms with Crippen molar-refractivity contribution in [2.24, 2.45) is 5.14 Å². The van der Waals surface area contributed by atoms with Crippen LogP contribution < -0.4 is 20.5 Å². The van der Waals surface area contributed by atoms with Gasteiger partial charge in [0.25, 0.3) is 0 Å². The molecule has 3 aromatic rings. The summed E-state index contributed by atoms with van der Waals surface area (Å²) in [5, 5.41) is 11.7. The zero-order valence-corrected chi connectivity index (χ0v) is 27.8. The molecule has 4 N–H and O–H groups in total. The van der Waals surface area contributed by atoms with E-state index in [4.69, 9.17) is 19.3 Å². The number of halogens is 4. The third kappa shape index (κ3) is 10.5. The topological polar surface area (TPSA) is 154 Å². The summed E-state index contributed by atoms with van der Waals surface area (Å²) in [5.41, 5.74) is 1.16. The molecule has 1 aliphatic heterocycles. The number of anilines is 2. The van der Waals surface area contributed by atoms with Crippen LogP contribution in [0, 0.1) is 11.8 Å². The van der Waals surface area contributed by atoms with Gasteiger partial charge in [0.15, 0.2) is 0 Å². The van der Waals surface area contributed by atoms with Crippen molar-refractivity contribution in [1.29, 1.82) is 0 Å². The molecule has 12 nitrogen and oxygen atoms in total. The number of fused-ring (bicyclic) bond motifs is 1. The van der Waals surface area contributed by atoms with Crippen molar-refractivity contribution in [3.8, 4) is 17.6 Å². The summed E-state index contributed by atoms with van der Waals surface area (Å²) < 4.78 is 96.2. The lowest BCUT2D eigenvalue weighted by molar-refractivity contribution is -0.157. The number of carbonyl (C=O) groups excluding carboxylic acids is 2. The van der Waals surface area contributed by atoms with Gasteiger partial charge in [-0.2, -0.15) is 13.2 Å². The molecule has 0 bridgehead atoms. The number of ether oxygens (including phenoxy) is 3. The smallest absolute Gasteiger partial charge is 0.406 e. The number of aromatic nitrogens is 1. The number of piperidine rings is 1. The average Bonchev–Trinajstić information content (AvgIpc) is 3.35. The fourth-order valence-corrected chi connectivity index (χ4v) is 6.01. The first-order valence-corrected chi connectivity index (χ1v) is 16.6. The molecular weight excluding hydrogens is 674 g/mol. The number of hydrogen-bond donors (Lipinski definition) is 3. The van der Waals surface area contributed by atoms with Gasteiger partial charge in [0.1, 0.15) is 31.2 Å². The lowest BCUT2D eigenvalue weighted by atomic mass is 10.0. The van der Waals surface area contributed by atoms with Crippen molar-refractivity contribution in [1.82, 2.24) is 9.47 Å². The normalized spacial score (nSPS) is 17.5. The van der Waals surface area contributed by atoms with Gasteiger partial charge < -0.3 is 29.4 Å². The Morgan fingerprint density at radius 3 is 2.51 bits per heavy atom. The highest BCUT2D eigenvalue weighted by Crippen LogP contribution is 2.32. The van der Waals surface area contributed by atoms with Crippen LogP contribution in [0.5, 0.6) is 5.75 Å². The Hall–Kier alpha value is -4.53. The van der Waals surface area contributed by atoms with Gasteiger partial charge in [0, 0.05) is 50.6 Å². The van der Waals surface area contributed by atoms with Crippen LogP contribution in [-0.4, -0.2) is 94.2 Å². The van der Waals surface area contributed by atoms with Crippen molar-refractivity contribution in [2.45, 2.75) is 56.2 Å². The maximum absolute atomic E-state index is 15.5. The third-order valence-electron chi connectivity index (χ3n) is 7.60. The molecule has 266 valence electrons. The second-order valence-corrected chi connectivity index (χ2v) is 12.9. The van der Waals surface area contributed by atoms with E-state index in [-0.39, 0.29) is 48.1 Å². The van der Waals surface area contributed by atoms with Crippen molar-refractivity contribution >= 4 is 44.2 Å². The van der Waals surface area contributed by atoms with E-state index < -0.39 is 53.0 Å². The number of hydrogen-bond acceptors (Lipinski definition) is 10. The Bertz CT molecular complexity index is 1840. The molecule has 0 saturated carbocycles. The highest BCUT2D eigenvalue weighted by molar-refractivity contribution is 7.89. The minimum atomic E-state index is -4.56. The monoisotopic (exact) mass is 711 g/mol. The van der Waals surface area contributed by atoms with Gasteiger partial charge in [-0.1, -0.05) is 12.0 Å². The molecule has 1 fully saturated rings. The SMILES string of the molecule is COc1cc(S(N)(=O)=O)ccc1NCC#Cc1cc2c(N[C@@H]3CCN(C[C@H](COC(C)=O)OC(C)=O)C[C@@H]3F)cccc2n1CC(F)(F)F. The van der Waals surface area contributed by atoms with E-state index in [1.165, 1.54) is 51.3 Å². The minimum absolute atomic E-state index is 0.0141. The van der Waals surface area contributed by atoms with Crippen LogP contribution in [0.25, 0.3) is 10.9 Å². The summed E-state index contributed by atoms with van der Waals surface area (Å²) in [6.45, 7) is 1.52. The highest BCUT2D eigenvalue weighted by atomic mass is 32.2. The maximum Gasteiger partial charge on any atom is 0.406 e. The lowest BCUT2D eigenvalue weighted by Crippen LogP contribution is -2.50. The average molecular weight is 712 g/mol. The number of carbonyl (C=O) groups is 2. The summed E-state index contributed by atoms with van der Waals surface area (Å²) in [4.78, 5) is 24.3. The molecule has 1 aliphatic rings. The second kappa shape index (κ2) is 15.8. The standard InChI is InChI=1S/C32H37F4N5O7S/c1-20(42)47-18-23(48-21(2)43)16-40-13-11-28(26(33)17-40)39-27-7-4-8-30-25(27)14-22(41(30)19-32(34,35)36)6-5-12-38-29-10-9-24(49(37,44)45)15-31(29)46-3/h4,7-10,14-15,23,26,28,38-39H,11-13,16-19H2,1-3H3,(H2,37,44,45)/t23-,26+,28-/m1/s1. The molecule has 49 heavy (non-hydrogen) atoms. The zero-order chi connectivity index (χ0) is 35.9. The predicted molar refractivity (Wildman–Crippen MR) is 173 cm³/mol. The molecule has 0 aliphatic carbocycles.